The number of fused-ring (bicyclic) bond motifs is 1. The molecule has 0 aliphatic carbocycles. The molecular formula is C29H32FN5O3S. The standard InChI is InChI=1S/C24H24FN5O3S.C5H8/c1-27-34(31,32)23-7-6-18(10-21(23)25)19-11-22-24(30-13-19)33-20(15-29-22)14-28-9-8-16-2-4-17(12-26)5-3-16;1-3-5-4-2/h2-7,10-11,13,20,27-29H,8-9,14-15H2,1H3;3-5H,1H2,2H3/b;5-4-. The number of benzene rings is 2. The van der Waals surface area contributed by atoms with E-state index in [1.807, 2.05) is 43.3 Å². The van der Waals surface area contributed by atoms with Crippen molar-refractivity contribution < 1.29 is 17.5 Å². The summed E-state index contributed by atoms with van der Waals surface area (Å²) in [5.74, 6) is -0.371. The van der Waals surface area contributed by atoms with Crippen LogP contribution in [0.15, 0.2) is 84.4 Å². The van der Waals surface area contributed by atoms with Crippen LogP contribution in [0.1, 0.15) is 18.1 Å². The quantitative estimate of drug-likeness (QED) is 0.267. The Morgan fingerprint density at radius 1 is 1.23 bits per heavy atom. The topological polar surface area (TPSA) is 116 Å². The number of halogens is 1. The van der Waals surface area contributed by atoms with Gasteiger partial charge in [0.2, 0.25) is 15.9 Å². The Hall–Kier alpha value is -4.04. The monoisotopic (exact) mass is 549 g/mol. The molecule has 1 aliphatic heterocycles. The van der Waals surface area contributed by atoms with Gasteiger partial charge in [0, 0.05) is 18.3 Å². The largest absolute Gasteiger partial charge is 0.470 e. The summed E-state index contributed by atoms with van der Waals surface area (Å²) in [6, 6.07) is 15.4. The molecule has 3 aromatic rings. The van der Waals surface area contributed by atoms with E-state index in [1.165, 1.54) is 19.2 Å². The number of hydrogen-bond acceptors (Lipinski definition) is 7. The third kappa shape index (κ3) is 8.22. The van der Waals surface area contributed by atoms with E-state index in [-0.39, 0.29) is 6.10 Å². The summed E-state index contributed by atoms with van der Waals surface area (Å²) in [5, 5.41) is 15.5. The first-order chi connectivity index (χ1) is 18.8. The van der Waals surface area contributed by atoms with Gasteiger partial charge in [-0.1, -0.05) is 43.0 Å². The first-order valence-electron chi connectivity index (χ1n) is 12.4. The normalized spacial score (nSPS) is 14.3. The Bertz CT molecular complexity index is 1450. The lowest BCUT2D eigenvalue weighted by Crippen LogP contribution is -2.40. The first-order valence-corrected chi connectivity index (χ1v) is 13.9. The molecule has 4 rings (SSSR count). The second kappa shape index (κ2) is 14.2. The number of aromatic nitrogens is 1. The summed E-state index contributed by atoms with van der Waals surface area (Å²) >= 11 is 0. The number of pyridine rings is 1. The van der Waals surface area contributed by atoms with Gasteiger partial charge in [-0.15, -0.1) is 0 Å². The predicted molar refractivity (Wildman–Crippen MR) is 152 cm³/mol. The molecule has 204 valence electrons. The number of hydrogen-bond donors (Lipinski definition) is 3. The summed E-state index contributed by atoms with van der Waals surface area (Å²) in [6.07, 6.45) is 7.89. The van der Waals surface area contributed by atoms with Gasteiger partial charge in [0.05, 0.1) is 23.9 Å². The summed E-state index contributed by atoms with van der Waals surface area (Å²) in [4.78, 5) is 3.96. The lowest BCUT2D eigenvalue weighted by molar-refractivity contribution is 0.194. The molecule has 1 aliphatic rings. The SMILES string of the molecule is C=C/C=C\C.CNS(=O)(=O)c1ccc(-c2cnc3c(c2)NCC(CNCCc2ccc(C#N)cc2)O3)cc1F. The molecule has 1 aromatic heterocycles. The van der Waals surface area contributed by atoms with Crippen molar-refractivity contribution in [3.05, 3.63) is 96.5 Å². The summed E-state index contributed by atoms with van der Waals surface area (Å²) in [5.41, 5.74) is 3.65. The third-order valence-corrected chi connectivity index (χ3v) is 7.29. The average molecular weight is 550 g/mol. The van der Waals surface area contributed by atoms with Crippen LogP contribution in [0.2, 0.25) is 0 Å². The van der Waals surface area contributed by atoms with Crippen LogP contribution >= 0.6 is 0 Å². The highest BCUT2D eigenvalue weighted by molar-refractivity contribution is 7.89. The van der Waals surface area contributed by atoms with Crippen molar-refractivity contribution in [1.29, 1.82) is 5.26 Å². The average Bonchev–Trinajstić information content (AvgIpc) is 2.96. The molecule has 1 unspecified atom stereocenters. The van der Waals surface area contributed by atoms with Gasteiger partial charge in [-0.3, -0.25) is 0 Å². The van der Waals surface area contributed by atoms with Crippen molar-refractivity contribution in [2.24, 2.45) is 0 Å². The minimum Gasteiger partial charge on any atom is -0.470 e. The van der Waals surface area contributed by atoms with E-state index >= 15 is 0 Å². The Kier molecular flexibility index (Phi) is 10.8. The van der Waals surface area contributed by atoms with E-state index in [4.69, 9.17) is 10.00 Å². The Balaban J connectivity index is 0.000000771. The van der Waals surface area contributed by atoms with Crippen LogP contribution in [-0.4, -0.2) is 46.2 Å². The molecule has 0 amide bonds. The van der Waals surface area contributed by atoms with Crippen LogP contribution in [0, 0.1) is 17.1 Å². The van der Waals surface area contributed by atoms with E-state index in [0.29, 0.717) is 41.3 Å². The van der Waals surface area contributed by atoms with Crippen molar-refractivity contribution in [3.8, 4) is 23.1 Å². The molecule has 0 radical (unpaired) electrons. The number of ether oxygens (including phenoxy) is 1. The Morgan fingerprint density at radius 2 is 2.00 bits per heavy atom. The molecule has 39 heavy (non-hydrogen) atoms. The van der Waals surface area contributed by atoms with Gasteiger partial charge >= 0.3 is 0 Å². The van der Waals surface area contributed by atoms with Crippen molar-refractivity contribution in [2.45, 2.75) is 24.3 Å². The smallest absolute Gasteiger partial charge is 0.243 e. The van der Waals surface area contributed by atoms with E-state index < -0.39 is 20.7 Å². The zero-order valence-electron chi connectivity index (χ0n) is 21.9. The molecule has 8 nitrogen and oxygen atoms in total. The van der Waals surface area contributed by atoms with Crippen LogP contribution in [0.25, 0.3) is 11.1 Å². The second-order valence-electron chi connectivity index (χ2n) is 8.57. The van der Waals surface area contributed by atoms with Gasteiger partial charge < -0.3 is 15.4 Å². The molecule has 10 heteroatoms. The lowest BCUT2D eigenvalue weighted by atomic mass is 10.1. The fourth-order valence-electron chi connectivity index (χ4n) is 3.75. The highest BCUT2D eigenvalue weighted by Crippen LogP contribution is 2.32. The van der Waals surface area contributed by atoms with Crippen LogP contribution in [0.3, 0.4) is 0 Å². The van der Waals surface area contributed by atoms with E-state index in [0.717, 1.165) is 18.5 Å². The van der Waals surface area contributed by atoms with Crippen molar-refractivity contribution in [2.75, 3.05) is 32.0 Å². The number of nitrogens with zero attached hydrogens (tertiary/aromatic N) is 2. The van der Waals surface area contributed by atoms with Gasteiger partial charge in [-0.05, 0) is 68.4 Å². The van der Waals surface area contributed by atoms with Crippen LogP contribution < -0.4 is 20.1 Å². The maximum absolute atomic E-state index is 14.4. The molecule has 0 fully saturated rings. The van der Waals surface area contributed by atoms with Gasteiger partial charge in [0.25, 0.3) is 0 Å². The number of rotatable bonds is 9. The van der Waals surface area contributed by atoms with Crippen LogP contribution in [-0.2, 0) is 16.4 Å². The van der Waals surface area contributed by atoms with Gasteiger partial charge in [-0.25, -0.2) is 22.5 Å². The van der Waals surface area contributed by atoms with Gasteiger partial charge in [-0.2, -0.15) is 5.26 Å². The summed E-state index contributed by atoms with van der Waals surface area (Å²) in [7, 11) is -2.63. The lowest BCUT2D eigenvalue weighted by Gasteiger charge is -2.27. The maximum atomic E-state index is 14.4. The Labute approximate surface area is 229 Å². The highest BCUT2D eigenvalue weighted by atomic mass is 32.2. The van der Waals surface area contributed by atoms with E-state index in [1.54, 1.807) is 24.4 Å². The van der Waals surface area contributed by atoms with Crippen LogP contribution in [0.4, 0.5) is 10.1 Å². The Morgan fingerprint density at radius 3 is 2.62 bits per heavy atom. The molecule has 2 aromatic carbocycles. The number of nitriles is 1. The van der Waals surface area contributed by atoms with E-state index in [9.17, 15) is 12.8 Å². The fraction of sp³-hybridized carbons (Fsp3) is 0.241. The van der Waals surface area contributed by atoms with E-state index in [2.05, 4.69) is 33.0 Å². The minimum atomic E-state index is -3.87. The number of nitrogens with one attached hydrogen (secondary N) is 3. The molecular weight excluding hydrogens is 517 g/mol. The van der Waals surface area contributed by atoms with Crippen molar-refractivity contribution in [1.82, 2.24) is 15.0 Å². The molecule has 3 N–H and O–H groups in total. The molecule has 0 saturated heterocycles. The van der Waals surface area contributed by atoms with Gasteiger partial charge in [0.15, 0.2) is 0 Å². The van der Waals surface area contributed by atoms with Crippen molar-refractivity contribution >= 4 is 15.7 Å². The molecule has 0 spiro atoms. The number of allylic oxidation sites excluding steroid dienone is 3. The molecule has 2 heterocycles. The molecule has 0 saturated carbocycles. The first kappa shape index (κ1) is 29.5. The predicted octanol–water partition coefficient (Wildman–Crippen LogP) is 4.42. The summed E-state index contributed by atoms with van der Waals surface area (Å²) in [6.45, 7) is 7.41. The summed E-state index contributed by atoms with van der Waals surface area (Å²) < 4.78 is 46.2. The molecule has 0 bridgehead atoms. The fourth-order valence-corrected chi connectivity index (χ4v) is 4.54. The zero-order chi connectivity index (χ0) is 28.3. The van der Waals surface area contributed by atoms with Crippen molar-refractivity contribution in [3.63, 3.8) is 0 Å². The maximum Gasteiger partial charge on any atom is 0.243 e. The highest BCUT2D eigenvalue weighted by Gasteiger charge is 2.22. The van der Waals surface area contributed by atoms with Gasteiger partial charge in [0.1, 0.15) is 16.8 Å². The zero-order valence-corrected chi connectivity index (χ0v) is 22.8. The number of anilines is 1. The minimum absolute atomic E-state index is 0.102. The molecule has 1 atom stereocenters. The van der Waals surface area contributed by atoms with Crippen LogP contribution in [0.5, 0.6) is 5.88 Å². The number of sulfonamides is 1. The third-order valence-electron chi connectivity index (χ3n) is 5.85. The second-order valence-corrected chi connectivity index (χ2v) is 10.4.